The molecule has 0 saturated heterocycles. The molecule has 3 aromatic carbocycles. The second-order valence-electron chi connectivity index (χ2n) is 6.58. The number of esters is 1. The number of ether oxygens (including phenoxy) is 1. The highest BCUT2D eigenvalue weighted by Gasteiger charge is 1.94. The van der Waals surface area contributed by atoms with Crippen LogP contribution in [0.4, 0.5) is 0 Å². The topological polar surface area (TPSA) is 26.3 Å². The molecule has 0 bridgehead atoms. The quantitative estimate of drug-likeness (QED) is 0.287. The number of carbonyl (C=O) groups excluding carboxylic acids is 1. The minimum absolute atomic E-state index is 0.282. The molecule has 2 nitrogen and oxygen atoms in total. The molecular weight excluding hydrogens is 368 g/mol. The van der Waals surface area contributed by atoms with Crippen LogP contribution in [0.3, 0.4) is 0 Å². The van der Waals surface area contributed by atoms with Gasteiger partial charge in [-0.3, -0.25) is 0 Å². The average molecular weight is 397 g/mol. The van der Waals surface area contributed by atoms with Gasteiger partial charge in [-0.05, 0) is 54.3 Å². The van der Waals surface area contributed by atoms with E-state index in [1.165, 1.54) is 11.6 Å². The molecule has 0 aromatic heterocycles. The molecule has 0 saturated carbocycles. The van der Waals surface area contributed by atoms with Crippen LogP contribution in [0.25, 0.3) is 6.08 Å². The van der Waals surface area contributed by atoms with Crippen molar-refractivity contribution in [3.63, 3.8) is 0 Å². The van der Waals surface area contributed by atoms with Gasteiger partial charge in [0.15, 0.2) is 0 Å². The number of hydrogen-bond donors (Lipinski definition) is 0. The Kier molecular flexibility index (Phi) is 10.3. The Morgan fingerprint density at radius 1 is 0.800 bits per heavy atom. The van der Waals surface area contributed by atoms with Crippen LogP contribution < -0.4 is 0 Å². The van der Waals surface area contributed by atoms with Crippen molar-refractivity contribution < 1.29 is 9.53 Å². The van der Waals surface area contributed by atoms with Crippen molar-refractivity contribution in [3.05, 3.63) is 113 Å². The molecule has 0 aliphatic rings. The number of rotatable bonds is 5. The van der Waals surface area contributed by atoms with Crippen LogP contribution in [-0.2, 0) is 16.0 Å². The van der Waals surface area contributed by atoms with Gasteiger partial charge in [0.1, 0.15) is 0 Å². The maximum Gasteiger partial charge on any atom is 0.330 e. The van der Waals surface area contributed by atoms with Crippen molar-refractivity contribution in [2.24, 2.45) is 0 Å². The molecule has 0 amide bonds. The van der Waals surface area contributed by atoms with Crippen LogP contribution in [0, 0.1) is 11.8 Å². The van der Waals surface area contributed by atoms with Gasteiger partial charge in [-0.1, -0.05) is 86.4 Å². The summed E-state index contributed by atoms with van der Waals surface area (Å²) in [5, 5.41) is 0. The van der Waals surface area contributed by atoms with Crippen LogP contribution >= 0.6 is 0 Å². The molecule has 0 N–H and O–H groups in total. The van der Waals surface area contributed by atoms with E-state index in [9.17, 15) is 4.79 Å². The zero-order chi connectivity index (χ0) is 21.4. The van der Waals surface area contributed by atoms with Gasteiger partial charge in [0.05, 0.1) is 6.61 Å². The lowest BCUT2D eigenvalue weighted by Gasteiger charge is -1.97. The maximum atomic E-state index is 11.1. The molecule has 0 radical (unpaired) electrons. The molecule has 2 heteroatoms. The lowest BCUT2D eigenvalue weighted by Crippen LogP contribution is -2.00. The first-order valence-corrected chi connectivity index (χ1v) is 10.3. The monoisotopic (exact) mass is 396 g/mol. The predicted molar refractivity (Wildman–Crippen MR) is 125 cm³/mol. The summed E-state index contributed by atoms with van der Waals surface area (Å²) in [6.45, 7) is 4.61. The van der Waals surface area contributed by atoms with Crippen LogP contribution in [-0.4, -0.2) is 12.6 Å². The first-order valence-electron chi connectivity index (χ1n) is 10.3. The fourth-order valence-electron chi connectivity index (χ4n) is 2.47. The summed E-state index contributed by atoms with van der Waals surface area (Å²) in [7, 11) is 0. The van der Waals surface area contributed by atoms with Crippen LogP contribution in [0.15, 0.2) is 91.0 Å². The van der Waals surface area contributed by atoms with Crippen LogP contribution in [0.2, 0.25) is 0 Å². The maximum absolute atomic E-state index is 11.1. The van der Waals surface area contributed by atoms with Crippen molar-refractivity contribution in [1.29, 1.82) is 0 Å². The Hall–Kier alpha value is -3.57. The van der Waals surface area contributed by atoms with E-state index < -0.39 is 0 Å². The molecule has 30 heavy (non-hydrogen) atoms. The van der Waals surface area contributed by atoms with E-state index in [0.29, 0.717) is 6.61 Å². The zero-order valence-electron chi connectivity index (χ0n) is 17.7. The van der Waals surface area contributed by atoms with E-state index in [4.69, 9.17) is 4.74 Å². The van der Waals surface area contributed by atoms with E-state index in [1.807, 2.05) is 67.6 Å². The predicted octanol–water partition coefficient (Wildman–Crippen LogP) is 6.30. The SMILES string of the molecule is CCCOC(=O)/C=C/c1ccccc1.CCc1ccc(C#Cc2ccccc2)cc1. The van der Waals surface area contributed by atoms with Gasteiger partial charge in [-0.25, -0.2) is 4.79 Å². The molecule has 0 heterocycles. The van der Waals surface area contributed by atoms with Crippen LogP contribution in [0.1, 0.15) is 42.5 Å². The van der Waals surface area contributed by atoms with Gasteiger partial charge in [-0.2, -0.15) is 0 Å². The second kappa shape index (κ2) is 13.6. The van der Waals surface area contributed by atoms with E-state index in [1.54, 1.807) is 6.08 Å². The normalized spacial score (nSPS) is 9.80. The lowest BCUT2D eigenvalue weighted by atomic mass is 10.1. The number of benzene rings is 3. The fraction of sp³-hybridized carbons (Fsp3) is 0.179. The van der Waals surface area contributed by atoms with Gasteiger partial charge in [0.25, 0.3) is 0 Å². The molecule has 0 fully saturated rings. The molecule has 0 atom stereocenters. The lowest BCUT2D eigenvalue weighted by molar-refractivity contribution is -0.137. The summed E-state index contributed by atoms with van der Waals surface area (Å²) in [4.78, 5) is 11.1. The van der Waals surface area contributed by atoms with Crippen molar-refractivity contribution in [2.45, 2.75) is 26.7 Å². The van der Waals surface area contributed by atoms with Gasteiger partial charge < -0.3 is 4.74 Å². The van der Waals surface area contributed by atoms with E-state index in [0.717, 1.165) is 29.5 Å². The minimum Gasteiger partial charge on any atom is -0.463 e. The Labute approximate surface area is 180 Å². The third kappa shape index (κ3) is 9.08. The van der Waals surface area contributed by atoms with E-state index in [2.05, 4.69) is 43.0 Å². The molecular formula is C28H28O2. The molecule has 0 spiro atoms. The summed E-state index contributed by atoms with van der Waals surface area (Å²) in [6, 6.07) is 28.1. The first-order chi connectivity index (χ1) is 14.7. The number of aryl methyl sites for hydroxylation is 1. The van der Waals surface area contributed by atoms with Crippen molar-refractivity contribution in [1.82, 2.24) is 0 Å². The first kappa shape index (κ1) is 22.7. The molecule has 3 aromatic rings. The number of carbonyl (C=O) groups is 1. The average Bonchev–Trinajstić information content (AvgIpc) is 2.82. The smallest absolute Gasteiger partial charge is 0.330 e. The standard InChI is InChI=1S/C16H14.C12H14O2/c1-2-14-8-10-16(11-9-14)13-12-15-6-4-3-5-7-15;1-2-10-14-12(13)9-8-11-6-4-3-5-7-11/h3-11H,2H2,1H3;3-9H,2,10H2,1H3/b;9-8+. The minimum atomic E-state index is -0.282. The highest BCUT2D eigenvalue weighted by molar-refractivity contribution is 5.86. The van der Waals surface area contributed by atoms with Gasteiger partial charge in [0.2, 0.25) is 0 Å². The molecule has 152 valence electrons. The second-order valence-corrected chi connectivity index (χ2v) is 6.58. The van der Waals surface area contributed by atoms with Gasteiger partial charge in [-0.15, -0.1) is 0 Å². The summed E-state index contributed by atoms with van der Waals surface area (Å²) >= 11 is 0. The number of hydrogen-bond acceptors (Lipinski definition) is 2. The fourth-order valence-corrected chi connectivity index (χ4v) is 2.47. The Morgan fingerprint density at radius 2 is 1.37 bits per heavy atom. The third-order valence-corrected chi connectivity index (χ3v) is 4.15. The summed E-state index contributed by atoms with van der Waals surface area (Å²) in [5.41, 5.74) is 4.48. The Morgan fingerprint density at radius 3 is 1.93 bits per heavy atom. The zero-order valence-corrected chi connectivity index (χ0v) is 17.7. The highest BCUT2D eigenvalue weighted by atomic mass is 16.5. The largest absolute Gasteiger partial charge is 0.463 e. The summed E-state index contributed by atoms with van der Waals surface area (Å²) in [6.07, 6.45) is 5.13. The summed E-state index contributed by atoms with van der Waals surface area (Å²) in [5.74, 6) is 6.03. The Bertz CT molecular complexity index is 960. The summed E-state index contributed by atoms with van der Waals surface area (Å²) < 4.78 is 4.89. The molecule has 0 aliphatic heterocycles. The molecule has 3 rings (SSSR count). The third-order valence-electron chi connectivity index (χ3n) is 4.15. The van der Waals surface area contributed by atoms with Crippen molar-refractivity contribution in [2.75, 3.05) is 6.61 Å². The molecule has 0 unspecified atom stereocenters. The Balaban J connectivity index is 0.000000216. The van der Waals surface area contributed by atoms with Crippen LogP contribution in [0.5, 0.6) is 0 Å². The van der Waals surface area contributed by atoms with Gasteiger partial charge >= 0.3 is 5.97 Å². The van der Waals surface area contributed by atoms with Crippen molar-refractivity contribution >= 4 is 12.0 Å². The van der Waals surface area contributed by atoms with Crippen molar-refractivity contribution in [3.8, 4) is 11.8 Å². The van der Waals surface area contributed by atoms with E-state index >= 15 is 0 Å². The van der Waals surface area contributed by atoms with E-state index in [-0.39, 0.29) is 5.97 Å². The van der Waals surface area contributed by atoms with Gasteiger partial charge in [0, 0.05) is 17.2 Å². The molecule has 0 aliphatic carbocycles. The highest BCUT2D eigenvalue weighted by Crippen LogP contribution is 2.04.